The lowest BCUT2D eigenvalue weighted by molar-refractivity contribution is 0.484. The molecule has 4 heteroatoms. The molecule has 0 aliphatic carbocycles. The molecular formula is C14H17NO2S. The van der Waals surface area contributed by atoms with Crippen LogP contribution in [-0.4, -0.2) is 24.9 Å². The number of rotatable bonds is 2. The van der Waals surface area contributed by atoms with Gasteiger partial charge in [-0.2, -0.15) is 0 Å². The number of aromatic nitrogens is 1. The molecule has 0 radical (unpaired) electrons. The number of benzene rings is 1. The zero-order valence-corrected chi connectivity index (χ0v) is 11.0. The van der Waals surface area contributed by atoms with Crippen molar-refractivity contribution in [2.45, 2.75) is 19.3 Å². The highest BCUT2D eigenvalue weighted by Gasteiger charge is 2.25. The van der Waals surface area contributed by atoms with Crippen LogP contribution in [0.4, 0.5) is 0 Å². The van der Waals surface area contributed by atoms with Crippen molar-refractivity contribution in [2.75, 3.05) is 11.5 Å². The number of hydrogen-bond donors (Lipinski definition) is 1. The van der Waals surface area contributed by atoms with Crippen LogP contribution in [0.5, 0.6) is 0 Å². The molecule has 18 heavy (non-hydrogen) atoms. The highest BCUT2D eigenvalue weighted by molar-refractivity contribution is 7.91. The number of sulfone groups is 1. The third kappa shape index (κ3) is 2.29. The molecule has 0 saturated carbocycles. The molecule has 0 spiro atoms. The molecule has 1 saturated heterocycles. The van der Waals surface area contributed by atoms with Crippen molar-refractivity contribution in [3.8, 4) is 0 Å². The molecule has 1 fully saturated rings. The van der Waals surface area contributed by atoms with Crippen LogP contribution < -0.4 is 0 Å². The average Bonchev–Trinajstić information content (AvgIpc) is 2.77. The molecule has 2 heterocycles. The minimum atomic E-state index is -2.80. The van der Waals surface area contributed by atoms with E-state index < -0.39 is 9.84 Å². The zero-order valence-electron chi connectivity index (χ0n) is 10.2. The first kappa shape index (κ1) is 11.8. The Balaban J connectivity index is 1.86. The molecule has 0 bridgehead atoms. The molecular weight excluding hydrogens is 246 g/mol. The molecule has 0 unspecified atom stereocenters. The van der Waals surface area contributed by atoms with Crippen molar-refractivity contribution < 1.29 is 8.42 Å². The summed E-state index contributed by atoms with van der Waals surface area (Å²) >= 11 is 0. The molecule has 3 rings (SSSR count). The van der Waals surface area contributed by atoms with Gasteiger partial charge in [0, 0.05) is 11.7 Å². The summed E-state index contributed by atoms with van der Waals surface area (Å²) in [7, 11) is -2.80. The Hall–Kier alpha value is -1.29. The highest BCUT2D eigenvalue weighted by atomic mass is 32.2. The van der Waals surface area contributed by atoms with Gasteiger partial charge in [-0.05, 0) is 42.2 Å². The van der Waals surface area contributed by atoms with E-state index in [1.807, 2.05) is 12.3 Å². The summed E-state index contributed by atoms with van der Waals surface area (Å²) in [6.07, 6.45) is 4.63. The zero-order chi connectivity index (χ0) is 12.6. The van der Waals surface area contributed by atoms with Gasteiger partial charge in [0.15, 0.2) is 9.84 Å². The molecule has 1 aliphatic heterocycles. The molecule has 1 aromatic carbocycles. The molecule has 2 aromatic rings. The standard InChI is InChI=1S/C14H17NO2S/c16-18(17)8-2-3-11(10-18)9-13-5-1-4-12-6-7-15-14(12)13/h1,4-7,11,15H,2-3,8-10H2/t11-/m1/s1. The summed E-state index contributed by atoms with van der Waals surface area (Å²) in [6.45, 7) is 0. The number of nitrogens with one attached hydrogen (secondary N) is 1. The fourth-order valence-corrected chi connectivity index (χ4v) is 4.69. The van der Waals surface area contributed by atoms with Gasteiger partial charge in [-0.25, -0.2) is 8.42 Å². The summed E-state index contributed by atoms with van der Waals surface area (Å²) < 4.78 is 23.3. The lowest BCUT2D eigenvalue weighted by Crippen LogP contribution is -2.26. The van der Waals surface area contributed by atoms with Crippen molar-refractivity contribution in [1.82, 2.24) is 4.98 Å². The molecule has 0 amide bonds. The third-order valence-electron chi connectivity index (χ3n) is 3.74. The topological polar surface area (TPSA) is 49.9 Å². The predicted octanol–water partition coefficient (Wildman–Crippen LogP) is 2.54. The lowest BCUT2D eigenvalue weighted by Gasteiger charge is -2.22. The Kier molecular flexibility index (Phi) is 2.90. The van der Waals surface area contributed by atoms with E-state index in [2.05, 4.69) is 23.2 Å². The van der Waals surface area contributed by atoms with Gasteiger partial charge in [0.05, 0.1) is 11.5 Å². The number of para-hydroxylation sites is 1. The van der Waals surface area contributed by atoms with Gasteiger partial charge >= 0.3 is 0 Å². The van der Waals surface area contributed by atoms with Crippen LogP contribution in [0, 0.1) is 5.92 Å². The molecule has 96 valence electrons. The van der Waals surface area contributed by atoms with Crippen molar-refractivity contribution >= 4 is 20.7 Å². The minimum Gasteiger partial charge on any atom is -0.361 e. The molecule has 3 nitrogen and oxygen atoms in total. The van der Waals surface area contributed by atoms with Crippen molar-refractivity contribution in [3.05, 3.63) is 36.0 Å². The SMILES string of the molecule is O=S1(=O)CCC[C@H](Cc2cccc3cc[nH]c23)C1. The first-order valence-corrected chi connectivity index (χ1v) is 8.22. The molecule has 1 atom stereocenters. The Morgan fingerprint density at radius 2 is 2.17 bits per heavy atom. The van der Waals surface area contributed by atoms with Crippen molar-refractivity contribution in [3.63, 3.8) is 0 Å². The Labute approximate surface area is 107 Å². The second-order valence-corrected chi connectivity index (χ2v) is 7.41. The summed E-state index contributed by atoms with van der Waals surface area (Å²) in [4.78, 5) is 3.25. The fourth-order valence-electron chi connectivity index (χ4n) is 2.91. The quantitative estimate of drug-likeness (QED) is 0.905. The van der Waals surface area contributed by atoms with Crippen LogP contribution in [0.1, 0.15) is 18.4 Å². The number of hydrogen-bond acceptors (Lipinski definition) is 2. The van der Waals surface area contributed by atoms with Crippen LogP contribution in [0.2, 0.25) is 0 Å². The first-order chi connectivity index (χ1) is 8.64. The summed E-state index contributed by atoms with van der Waals surface area (Å²) in [6, 6.07) is 8.27. The number of H-pyrrole nitrogens is 1. The number of aromatic amines is 1. The average molecular weight is 263 g/mol. The first-order valence-electron chi connectivity index (χ1n) is 6.39. The van der Waals surface area contributed by atoms with E-state index in [0.29, 0.717) is 11.5 Å². The monoisotopic (exact) mass is 263 g/mol. The lowest BCUT2D eigenvalue weighted by atomic mass is 9.95. The van der Waals surface area contributed by atoms with E-state index in [0.717, 1.165) is 24.8 Å². The van der Waals surface area contributed by atoms with E-state index in [9.17, 15) is 8.42 Å². The van der Waals surface area contributed by atoms with Crippen LogP contribution >= 0.6 is 0 Å². The smallest absolute Gasteiger partial charge is 0.150 e. The second kappa shape index (κ2) is 4.43. The van der Waals surface area contributed by atoms with Crippen LogP contribution in [0.15, 0.2) is 30.5 Å². The van der Waals surface area contributed by atoms with E-state index in [4.69, 9.17) is 0 Å². The van der Waals surface area contributed by atoms with Gasteiger partial charge in [-0.15, -0.1) is 0 Å². The third-order valence-corrected chi connectivity index (χ3v) is 5.63. The van der Waals surface area contributed by atoms with Crippen LogP contribution in [0.25, 0.3) is 10.9 Å². The summed E-state index contributed by atoms with van der Waals surface area (Å²) in [5.74, 6) is 0.998. The van der Waals surface area contributed by atoms with Crippen molar-refractivity contribution in [1.29, 1.82) is 0 Å². The Bertz CT molecular complexity index is 657. The second-order valence-electron chi connectivity index (χ2n) is 5.19. The van der Waals surface area contributed by atoms with Gasteiger partial charge in [-0.3, -0.25) is 0 Å². The van der Waals surface area contributed by atoms with Gasteiger partial charge in [0.1, 0.15) is 0 Å². The van der Waals surface area contributed by atoms with Crippen LogP contribution in [0.3, 0.4) is 0 Å². The van der Waals surface area contributed by atoms with E-state index in [-0.39, 0.29) is 5.92 Å². The maximum absolute atomic E-state index is 11.7. The molecule has 1 N–H and O–H groups in total. The predicted molar refractivity (Wildman–Crippen MR) is 73.4 cm³/mol. The number of fused-ring (bicyclic) bond motifs is 1. The Morgan fingerprint density at radius 1 is 1.28 bits per heavy atom. The largest absolute Gasteiger partial charge is 0.361 e. The molecule has 1 aliphatic rings. The summed E-state index contributed by atoms with van der Waals surface area (Å²) in [5.41, 5.74) is 2.39. The van der Waals surface area contributed by atoms with Crippen LogP contribution in [-0.2, 0) is 16.3 Å². The highest BCUT2D eigenvalue weighted by Crippen LogP contribution is 2.25. The van der Waals surface area contributed by atoms with Crippen molar-refractivity contribution in [2.24, 2.45) is 5.92 Å². The van der Waals surface area contributed by atoms with E-state index in [1.54, 1.807) is 0 Å². The minimum absolute atomic E-state index is 0.276. The maximum atomic E-state index is 11.7. The van der Waals surface area contributed by atoms with E-state index in [1.165, 1.54) is 10.9 Å². The normalized spacial score (nSPS) is 23.2. The van der Waals surface area contributed by atoms with Gasteiger partial charge < -0.3 is 4.98 Å². The van der Waals surface area contributed by atoms with Gasteiger partial charge in [0.25, 0.3) is 0 Å². The molecule has 1 aromatic heterocycles. The summed E-state index contributed by atoms with van der Waals surface area (Å²) in [5, 5.41) is 1.20. The maximum Gasteiger partial charge on any atom is 0.150 e. The van der Waals surface area contributed by atoms with Gasteiger partial charge in [0.2, 0.25) is 0 Å². The van der Waals surface area contributed by atoms with E-state index >= 15 is 0 Å². The van der Waals surface area contributed by atoms with Gasteiger partial charge in [-0.1, -0.05) is 18.2 Å². The fraction of sp³-hybridized carbons (Fsp3) is 0.429. The Morgan fingerprint density at radius 3 is 3.00 bits per heavy atom.